The summed E-state index contributed by atoms with van der Waals surface area (Å²) in [6.45, 7) is 9.50. The molecule has 0 saturated carbocycles. The molecule has 258 valence electrons. The molecule has 0 radical (unpaired) electrons. The lowest BCUT2D eigenvalue weighted by Gasteiger charge is -2.40. The van der Waals surface area contributed by atoms with Crippen LogP contribution in [0.15, 0.2) is 59.8 Å². The van der Waals surface area contributed by atoms with Crippen LogP contribution in [-0.2, 0) is 9.47 Å². The van der Waals surface area contributed by atoms with Gasteiger partial charge in [0.15, 0.2) is 0 Å². The molecule has 6 rings (SSSR count). The molecular weight excluding hydrogens is 671 g/mol. The number of halogens is 2. The average Bonchev–Trinajstić information content (AvgIpc) is 3.50. The fourth-order valence-electron chi connectivity index (χ4n) is 6.04. The summed E-state index contributed by atoms with van der Waals surface area (Å²) in [4.78, 5) is 51.8. The number of anilines is 2. The van der Waals surface area contributed by atoms with Gasteiger partial charge in [-0.25, -0.2) is 19.6 Å². The summed E-state index contributed by atoms with van der Waals surface area (Å²) in [6, 6.07) is 10.6. The zero-order valence-corrected chi connectivity index (χ0v) is 29.3. The number of hydrogen-bond acceptors (Lipinski definition) is 10. The van der Waals surface area contributed by atoms with Crippen molar-refractivity contribution < 1.29 is 23.8 Å². The summed E-state index contributed by atoms with van der Waals surface area (Å²) >= 11 is 13.1. The summed E-state index contributed by atoms with van der Waals surface area (Å²) in [5, 5.41) is 3.96. The maximum atomic E-state index is 13.7. The van der Waals surface area contributed by atoms with E-state index in [1.807, 2.05) is 43.9 Å². The monoisotopic (exact) mass is 708 g/mol. The van der Waals surface area contributed by atoms with Gasteiger partial charge in [-0.15, -0.1) is 0 Å². The Kier molecular flexibility index (Phi) is 9.89. The molecule has 5 heterocycles. The number of carbonyl (C=O) groups is 2. The van der Waals surface area contributed by atoms with E-state index >= 15 is 0 Å². The van der Waals surface area contributed by atoms with Crippen LogP contribution in [0.25, 0.3) is 16.6 Å². The molecule has 2 fully saturated rings. The first-order valence-electron chi connectivity index (χ1n) is 16.2. The normalized spacial score (nSPS) is 16.4. The highest BCUT2D eigenvalue weighted by molar-refractivity contribution is 6.34. The van der Waals surface area contributed by atoms with E-state index in [9.17, 15) is 14.4 Å². The third-order valence-corrected chi connectivity index (χ3v) is 8.92. The summed E-state index contributed by atoms with van der Waals surface area (Å²) in [7, 11) is 0. The Morgan fingerprint density at radius 2 is 1.88 bits per heavy atom. The van der Waals surface area contributed by atoms with Gasteiger partial charge in [0.05, 0.1) is 46.8 Å². The molecule has 0 aliphatic carbocycles. The number of fused-ring (bicyclic) bond motifs is 1. The Morgan fingerprint density at radius 3 is 2.57 bits per heavy atom. The Labute approximate surface area is 293 Å². The number of carbonyl (C=O) groups excluding carboxylic acids is 2. The third kappa shape index (κ3) is 7.55. The lowest BCUT2D eigenvalue weighted by Crippen LogP contribution is -2.60. The highest BCUT2D eigenvalue weighted by Crippen LogP contribution is 2.36. The third-order valence-electron chi connectivity index (χ3n) is 8.33. The van der Waals surface area contributed by atoms with Gasteiger partial charge < -0.3 is 33.9 Å². The first-order valence-corrected chi connectivity index (χ1v) is 16.9. The zero-order chi connectivity index (χ0) is 34.9. The van der Waals surface area contributed by atoms with Crippen LogP contribution in [0, 0.1) is 0 Å². The number of hydrogen-bond donors (Lipinski definition) is 1. The zero-order valence-electron chi connectivity index (χ0n) is 27.7. The Morgan fingerprint density at radius 1 is 1.08 bits per heavy atom. The minimum Gasteiger partial charge on any atom is -0.474 e. The average molecular weight is 710 g/mol. The van der Waals surface area contributed by atoms with Crippen LogP contribution in [0.2, 0.25) is 10.0 Å². The van der Waals surface area contributed by atoms with Crippen LogP contribution < -0.4 is 25.3 Å². The van der Waals surface area contributed by atoms with Crippen molar-refractivity contribution in [1.29, 1.82) is 0 Å². The SMILES string of the molecule is CCOC(=O)c1cn(-c2ccc(N3CC(NC(=O)OC(C)(C)C)C3)nc2)c2cc(N3CCC[C@@H]3COc3ncccc3Cl)c(Cl)cc2c1=O. The van der Waals surface area contributed by atoms with Crippen LogP contribution in [0.5, 0.6) is 5.88 Å². The van der Waals surface area contributed by atoms with Crippen LogP contribution in [0.3, 0.4) is 0 Å². The number of ether oxygens (including phenoxy) is 3. The number of nitrogens with zero attached hydrogens (tertiary/aromatic N) is 5. The van der Waals surface area contributed by atoms with E-state index in [1.165, 1.54) is 6.20 Å². The topological polar surface area (TPSA) is 128 Å². The van der Waals surface area contributed by atoms with E-state index in [-0.39, 0.29) is 29.6 Å². The molecule has 1 amide bonds. The second-order valence-corrected chi connectivity index (χ2v) is 13.8. The maximum absolute atomic E-state index is 13.7. The molecule has 1 atom stereocenters. The molecule has 1 N–H and O–H groups in total. The summed E-state index contributed by atoms with van der Waals surface area (Å²) < 4.78 is 18.3. The number of nitrogens with one attached hydrogen (secondary N) is 1. The van der Waals surface area contributed by atoms with E-state index in [0.29, 0.717) is 46.8 Å². The van der Waals surface area contributed by atoms with Gasteiger partial charge in [0.25, 0.3) is 0 Å². The lowest BCUT2D eigenvalue weighted by molar-refractivity contribution is 0.0492. The van der Waals surface area contributed by atoms with Crippen LogP contribution >= 0.6 is 23.2 Å². The predicted octanol–water partition coefficient (Wildman–Crippen LogP) is 6.03. The summed E-state index contributed by atoms with van der Waals surface area (Å²) in [5.74, 6) is 0.366. The Hall–Kier alpha value is -4.55. The van der Waals surface area contributed by atoms with E-state index in [2.05, 4.69) is 20.2 Å². The molecule has 0 unspecified atom stereocenters. The standard InChI is InChI=1S/C35H38Cl2N6O6/c1-5-47-33(45)25-19-43(22-10-11-30(39-16-22)41-17-21(18-41)40-34(46)49-35(2,3)4)28-15-29(27(37)14-24(28)31(25)44)42-13-7-8-23(42)20-48-32-26(36)9-6-12-38-32/h6,9-12,14-16,19,21,23H,5,7-8,13,17-18,20H2,1-4H3,(H,40,46)/t23-/m1/s1. The van der Waals surface area contributed by atoms with Crippen molar-refractivity contribution in [3.63, 3.8) is 0 Å². The lowest BCUT2D eigenvalue weighted by atomic mass is 10.1. The molecular formula is C35H38Cl2N6O6. The van der Waals surface area contributed by atoms with Crippen molar-refractivity contribution in [3.05, 3.63) is 80.8 Å². The van der Waals surface area contributed by atoms with Gasteiger partial charge in [-0.05, 0) is 76.9 Å². The van der Waals surface area contributed by atoms with Gasteiger partial charge in [0.2, 0.25) is 11.3 Å². The summed E-state index contributed by atoms with van der Waals surface area (Å²) in [5.41, 5.74) is 0.756. The summed E-state index contributed by atoms with van der Waals surface area (Å²) in [6.07, 6.45) is 6.14. The number of pyridine rings is 3. The molecule has 1 aromatic carbocycles. The van der Waals surface area contributed by atoms with Crippen LogP contribution in [0.4, 0.5) is 16.3 Å². The quantitative estimate of drug-likeness (QED) is 0.206. The highest BCUT2D eigenvalue weighted by atomic mass is 35.5. The van der Waals surface area contributed by atoms with E-state index in [4.69, 9.17) is 37.4 Å². The minimum atomic E-state index is -0.720. The van der Waals surface area contributed by atoms with E-state index < -0.39 is 23.1 Å². The van der Waals surface area contributed by atoms with Crippen LogP contribution in [0.1, 0.15) is 50.9 Å². The van der Waals surface area contributed by atoms with Crippen molar-refractivity contribution in [2.75, 3.05) is 42.6 Å². The number of rotatable bonds is 9. The molecule has 0 bridgehead atoms. The largest absolute Gasteiger partial charge is 0.474 e. The highest BCUT2D eigenvalue weighted by Gasteiger charge is 2.31. The predicted molar refractivity (Wildman–Crippen MR) is 189 cm³/mol. The van der Waals surface area contributed by atoms with Crippen molar-refractivity contribution >= 4 is 57.7 Å². The number of aromatic nitrogens is 3. The molecule has 4 aromatic rings. The number of benzene rings is 1. The van der Waals surface area contributed by atoms with Gasteiger partial charge >= 0.3 is 12.1 Å². The van der Waals surface area contributed by atoms with Crippen molar-refractivity contribution in [2.45, 2.75) is 58.2 Å². The maximum Gasteiger partial charge on any atom is 0.407 e. The van der Waals surface area contributed by atoms with Gasteiger partial charge in [0.1, 0.15) is 28.6 Å². The fourth-order valence-corrected chi connectivity index (χ4v) is 6.49. The molecule has 12 nitrogen and oxygen atoms in total. The molecule has 0 spiro atoms. The number of alkyl carbamates (subject to hydrolysis) is 1. The van der Waals surface area contributed by atoms with Crippen LogP contribution in [-0.4, -0.2) is 77.1 Å². The number of amides is 1. The first-order chi connectivity index (χ1) is 23.4. The van der Waals surface area contributed by atoms with Crippen molar-refractivity contribution in [2.24, 2.45) is 0 Å². The fraction of sp³-hybridized carbons (Fsp3) is 0.400. The first kappa shape index (κ1) is 34.3. The molecule has 49 heavy (non-hydrogen) atoms. The molecule has 2 aliphatic rings. The van der Waals surface area contributed by atoms with E-state index in [0.717, 1.165) is 30.9 Å². The second-order valence-electron chi connectivity index (χ2n) is 13.0. The Bertz CT molecular complexity index is 1920. The van der Waals surface area contributed by atoms with Gasteiger partial charge in [-0.1, -0.05) is 23.2 Å². The smallest absolute Gasteiger partial charge is 0.407 e. The minimum absolute atomic E-state index is 0.0156. The molecule has 2 saturated heterocycles. The van der Waals surface area contributed by atoms with Gasteiger partial charge in [0, 0.05) is 37.4 Å². The second kappa shape index (κ2) is 14.1. The molecule has 3 aromatic heterocycles. The Balaban J connectivity index is 1.29. The van der Waals surface area contributed by atoms with Gasteiger partial charge in [-0.2, -0.15) is 0 Å². The molecule has 14 heteroatoms. The van der Waals surface area contributed by atoms with Gasteiger partial charge in [-0.3, -0.25) is 4.79 Å². The van der Waals surface area contributed by atoms with Crippen molar-refractivity contribution in [3.8, 4) is 11.6 Å². The van der Waals surface area contributed by atoms with Crippen molar-refractivity contribution in [1.82, 2.24) is 19.9 Å². The van der Waals surface area contributed by atoms with E-state index in [1.54, 1.807) is 42.1 Å². The molecule has 2 aliphatic heterocycles. The number of esters is 1.